The molecule has 1 amide bonds. The average molecular weight is 452 g/mol. The number of hydrogen-bond donors (Lipinski definition) is 0. The third-order valence-electron chi connectivity index (χ3n) is 6.59. The summed E-state index contributed by atoms with van der Waals surface area (Å²) in [5, 5.41) is 5.04. The first-order valence-electron chi connectivity index (χ1n) is 10.6. The van der Waals surface area contributed by atoms with Crippen molar-refractivity contribution in [2.75, 3.05) is 43.1 Å². The van der Waals surface area contributed by atoms with E-state index in [1.165, 1.54) is 7.11 Å². The van der Waals surface area contributed by atoms with E-state index >= 15 is 0 Å². The first-order chi connectivity index (χ1) is 15.5. The molecule has 0 N–H and O–H groups in total. The molecule has 6 rings (SSSR count). The number of benzene rings is 1. The molecule has 0 atom stereocenters. The van der Waals surface area contributed by atoms with Crippen LogP contribution < -0.4 is 9.80 Å². The van der Waals surface area contributed by atoms with E-state index < -0.39 is 6.09 Å². The number of methoxy groups -OCH3 is 1. The van der Waals surface area contributed by atoms with Crippen LogP contribution in [0.25, 0.3) is 11.1 Å². The molecule has 2 aromatic heterocycles. The lowest BCUT2D eigenvalue weighted by atomic mass is 9.72. The third kappa shape index (κ3) is 3.01. The van der Waals surface area contributed by atoms with Crippen molar-refractivity contribution in [2.24, 2.45) is 5.41 Å². The van der Waals surface area contributed by atoms with E-state index in [0.29, 0.717) is 23.9 Å². The number of ether oxygens (including phenoxy) is 1. The van der Waals surface area contributed by atoms with Gasteiger partial charge in [0.15, 0.2) is 11.6 Å². The van der Waals surface area contributed by atoms with Crippen molar-refractivity contribution in [1.82, 2.24) is 15.0 Å². The zero-order valence-corrected chi connectivity index (χ0v) is 18.4. The van der Waals surface area contributed by atoms with Crippen molar-refractivity contribution in [3.8, 4) is 11.1 Å². The summed E-state index contributed by atoms with van der Waals surface area (Å²) in [6.45, 7) is 4.51. The maximum absolute atomic E-state index is 12.3. The van der Waals surface area contributed by atoms with Crippen LogP contribution in [-0.4, -0.2) is 54.4 Å². The molecule has 1 aromatic carbocycles. The fourth-order valence-electron chi connectivity index (χ4n) is 5.12. The number of anilines is 2. The van der Waals surface area contributed by atoms with Crippen LogP contribution in [0.1, 0.15) is 11.3 Å². The molecule has 2 fully saturated rings. The van der Waals surface area contributed by atoms with Gasteiger partial charge in [-0.15, -0.1) is 0 Å². The molecule has 1 spiro atoms. The summed E-state index contributed by atoms with van der Waals surface area (Å²) in [5.74, 6) is 2.52. The van der Waals surface area contributed by atoms with Gasteiger partial charge in [-0.05, 0) is 35.4 Å². The van der Waals surface area contributed by atoms with Crippen molar-refractivity contribution < 1.29 is 14.1 Å². The number of rotatable bonds is 2. The smallest absolute Gasteiger partial charge is 0.410 e. The Bertz CT molecular complexity index is 1180. The molecule has 3 aromatic rings. The van der Waals surface area contributed by atoms with E-state index in [9.17, 15) is 4.79 Å². The summed E-state index contributed by atoms with van der Waals surface area (Å²) >= 11 is 6.27. The SMILES string of the molecule is COC(=O)N1Cc2cc(Cl)ccc2-c2c(N3CC4(CN(c5ccccn5)C4)C3)noc2C1. The van der Waals surface area contributed by atoms with Gasteiger partial charge < -0.3 is 19.1 Å². The largest absolute Gasteiger partial charge is 0.453 e. The lowest BCUT2D eigenvalue weighted by Crippen LogP contribution is -2.72. The number of pyridine rings is 1. The Hall–Kier alpha value is -3.26. The van der Waals surface area contributed by atoms with E-state index in [1.54, 1.807) is 4.90 Å². The summed E-state index contributed by atoms with van der Waals surface area (Å²) in [6, 6.07) is 11.8. The highest BCUT2D eigenvalue weighted by Gasteiger charge is 2.53. The third-order valence-corrected chi connectivity index (χ3v) is 6.82. The van der Waals surface area contributed by atoms with E-state index in [1.807, 2.05) is 36.5 Å². The van der Waals surface area contributed by atoms with Crippen molar-refractivity contribution in [3.63, 3.8) is 0 Å². The van der Waals surface area contributed by atoms with Crippen molar-refractivity contribution >= 4 is 29.3 Å². The number of aromatic nitrogens is 2. The fourth-order valence-corrected chi connectivity index (χ4v) is 5.31. The van der Waals surface area contributed by atoms with Crippen molar-refractivity contribution in [1.29, 1.82) is 0 Å². The second kappa shape index (κ2) is 7.13. The number of nitrogens with zero attached hydrogens (tertiary/aromatic N) is 5. The molecule has 0 bridgehead atoms. The number of halogens is 1. The molecule has 3 aliphatic heterocycles. The van der Waals surface area contributed by atoms with Gasteiger partial charge in [-0.25, -0.2) is 9.78 Å². The lowest BCUT2D eigenvalue weighted by molar-refractivity contribution is 0.114. The van der Waals surface area contributed by atoms with Crippen LogP contribution in [0.5, 0.6) is 0 Å². The molecule has 32 heavy (non-hydrogen) atoms. The van der Waals surface area contributed by atoms with Crippen LogP contribution in [0.4, 0.5) is 16.4 Å². The molecule has 9 heteroatoms. The molecule has 5 heterocycles. The van der Waals surface area contributed by atoms with E-state index in [-0.39, 0.29) is 5.41 Å². The Balaban J connectivity index is 1.27. The summed E-state index contributed by atoms with van der Waals surface area (Å²) in [5.41, 5.74) is 3.15. The van der Waals surface area contributed by atoms with Gasteiger partial charge in [0.05, 0.1) is 25.8 Å². The van der Waals surface area contributed by atoms with Gasteiger partial charge in [0.2, 0.25) is 0 Å². The second-order valence-corrected chi connectivity index (χ2v) is 9.27. The number of amides is 1. The van der Waals surface area contributed by atoms with Crippen molar-refractivity contribution in [3.05, 3.63) is 58.9 Å². The molecule has 0 unspecified atom stereocenters. The molecule has 164 valence electrons. The molecule has 2 saturated heterocycles. The predicted octanol–water partition coefficient (Wildman–Crippen LogP) is 3.80. The van der Waals surface area contributed by atoms with Gasteiger partial charge >= 0.3 is 6.09 Å². The molecule has 0 radical (unpaired) electrons. The van der Waals surface area contributed by atoms with Gasteiger partial charge in [-0.1, -0.05) is 28.9 Å². The van der Waals surface area contributed by atoms with Crippen LogP contribution in [-0.2, 0) is 17.8 Å². The molecular weight excluding hydrogens is 430 g/mol. The molecule has 8 nitrogen and oxygen atoms in total. The minimum absolute atomic E-state index is 0.259. The van der Waals surface area contributed by atoms with Gasteiger partial charge in [0.1, 0.15) is 5.82 Å². The number of fused-ring (bicyclic) bond motifs is 3. The van der Waals surface area contributed by atoms with E-state index in [4.69, 9.17) is 20.9 Å². The highest BCUT2D eigenvalue weighted by atomic mass is 35.5. The maximum Gasteiger partial charge on any atom is 0.410 e. The number of carbonyl (C=O) groups excluding carboxylic acids is 1. The quantitative estimate of drug-likeness (QED) is 0.586. The Morgan fingerprint density at radius 3 is 2.69 bits per heavy atom. The predicted molar refractivity (Wildman–Crippen MR) is 120 cm³/mol. The highest BCUT2D eigenvalue weighted by molar-refractivity contribution is 6.30. The summed E-state index contributed by atoms with van der Waals surface area (Å²) in [4.78, 5) is 22.9. The minimum atomic E-state index is -0.409. The highest BCUT2D eigenvalue weighted by Crippen LogP contribution is 2.47. The van der Waals surface area contributed by atoms with Crippen LogP contribution >= 0.6 is 11.6 Å². The first kappa shape index (κ1) is 19.4. The summed E-state index contributed by atoms with van der Waals surface area (Å²) in [7, 11) is 1.38. The van der Waals surface area contributed by atoms with Crippen LogP contribution in [0.3, 0.4) is 0 Å². The van der Waals surface area contributed by atoms with Gasteiger partial charge in [-0.3, -0.25) is 4.90 Å². The standard InChI is InChI=1S/C23H22ClN5O3/c1-31-22(30)27-9-15-8-16(24)5-6-17(15)20-18(10-27)32-26-21(20)29-13-23(14-29)11-28(12-23)19-4-2-3-7-25-19/h2-8H,9-14H2,1H3. The Kier molecular flexibility index (Phi) is 4.33. The Labute approximate surface area is 190 Å². The van der Waals surface area contributed by atoms with Gasteiger partial charge in [0, 0.05) is 42.8 Å². The van der Waals surface area contributed by atoms with Crippen molar-refractivity contribution in [2.45, 2.75) is 13.1 Å². The van der Waals surface area contributed by atoms with Gasteiger partial charge in [-0.2, -0.15) is 0 Å². The molecule has 0 aliphatic carbocycles. The van der Waals surface area contributed by atoms with Gasteiger partial charge in [0.25, 0.3) is 0 Å². The zero-order chi connectivity index (χ0) is 21.9. The molecular formula is C23H22ClN5O3. The topological polar surface area (TPSA) is 74.9 Å². The maximum atomic E-state index is 12.3. The van der Waals surface area contributed by atoms with E-state index in [0.717, 1.165) is 54.5 Å². The number of hydrogen-bond acceptors (Lipinski definition) is 7. The fraction of sp³-hybridized carbons (Fsp3) is 0.348. The Morgan fingerprint density at radius 1 is 1.12 bits per heavy atom. The summed E-state index contributed by atoms with van der Waals surface area (Å²) in [6.07, 6.45) is 1.42. The van der Waals surface area contributed by atoms with E-state index in [2.05, 4.69) is 26.0 Å². The average Bonchev–Trinajstić information content (AvgIpc) is 3.07. The monoisotopic (exact) mass is 451 g/mol. The lowest BCUT2D eigenvalue weighted by Gasteiger charge is -2.60. The second-order valence-electron chi connectivity index (χ2n) is 8.83. The summed E-state index contributed by atoms with van der Waals surface area (Å²) < 4.78 is 10.7. The normalized spacial score (nSPS) is 18.4. The van der Waals surface area contributed by atoms with Crippen LogP contribution in [0, 0.1) is 5.41 Å². The van der Waals surface area contributed by atoms with Crippen LogP contribution in [0.2, 0.25) is 5.02 Å². The molecule has 0 saturated carbocycles. The zero-order valence-electron chi connectivity index (χ0n) is 17.6. The molecule has 3 aliphatic rings. The first-order valence-corrected chi connectivity index (χ1v) is 10.9. The Morgan fingerprint density at radius 2 is 1.94 bits per heavy atom. The minimum Gasteiger partial charge on any atom is -0.453 e. The van der Waals surface area contributed by atoms with Crippen LogP contribution in [0.15, 0.2) is 47.1 Å². The number of carbonyl (C=O) groups is 1.